The number of hydrogen-bond donors (Lipinski definition) is 0. The van der Waals surface area contributed by atoms with Gasteiger partial charge in [-0.1, -0.05) is 48.5 Å². The number of rotatable bonds is 2. The molecule has 0 nitrogen and oxygen atoms in total. The van der Waals surface area contributed by atoms with Crippen LogP contribution in [0.15, 0.2) is 48.2 Å². The molecular formula is C12H9F2Si. The Morgan fingerprint density at radius 1 is 0.933 bits per heavy atom. The summed E-state index contributed by atoms with van der Waals surface area (Å²) in [6.45, 7) is 0. The van der Waals surface area contributed by atoms with Gasteiger partial charge in [-0.05, 0) is 22.0 Å². The summed E-state index contributed by atoms with van der Waals surface area (Å²) in [5, 5.41) is 2.09. The van der Waals surface area contributed by atoms with Gasteiger partial charge in [0.25, 0.3) is 0 Å². The second-order valence-electron chi connectivity index (χ2n) is 3.19. The molecule has 0 N–H and O–H groups in total. The maximum Gasteiger partial charge on any atom is 0.503 e. The van der Waals surface area contributed by atoms with Gasteiger partial charge in [-0.2, -0.15) is 0 Å². The molecule has 0 saturated carbocycles. The minimum absolute atomic E-state index is 0.853. The van der Waals surface area contributed by atoms with Crippen LogP contribution in [0.1, 0.15) is 5.56 Å². The molecule has 0 unspecified atom stereocenters. The fourth-order valence-electron chi connectivity index (χ4n) is 1.55. The van der Waals surface area contributed by atoms with Gasteiger partial charge < -0.3 is 0 Å². The third kappa shape index (κ3) is 2.30. The van der Waals surface area contributed by atoms with Crippen molar-refractivity contribution in [2.24, 2.45) is 0 Å². The highest BCUT2D eigenvalue weighted by Gasteiger charge is 2.03. The Kier molecular flexibility index (Phi) is 2.92. The number of hydrogen-bond acceptors (Lipinski definition) is 0. The zero-order valence-corrected chi connectivity index (χ0v) is 8.95. The first-order valence-corrected chi connectivity index (χ1v) is 5.94. The van der Waals surface area contributed by atoms with Crippen LogP contribution < -0.4 is 0 Å². The van der Waals surface area contributed by atoms with Crippen molar-refractivity contribution in [1.29, 1.82) is 0 Å². The molecule has 0 aliphatic heterocycles. The molecule has 75 valence electrons. The van der Waals surface area contributed by atoms with Gasteiger partial charge >= 0.3 is 9.46 Å². The Morgan fingerprint density at radius 3 is 2.47 bits per heavy atom. The third-order valence-corrected chi connectivity index (χ3v) is 2.63. The molecule has 0 heterocycles. The molecule has 2 aromatic rings. The smallest absolute Gasteiger partial charge is 0.262 e. The van der Waals surface area contributed by atoms with E-state index in [2.05, 4.69) is 0 Å². The summed E-state index contributed by atoms with van der Waals surface area (Å²) in [7, 11) is -3.28. The molecule has 0 amide bonds. The molecule has 0 aliphatic carbocycles. The average molecular weight is 219 g/mol. The Morgan fingerprint density at radius 2 is 1.67 bits per heavy atom. The van der Waals surface area contributed by atoms with Crippen LogP contribution in [0.25, 0.3) is 16.8 Å². The average Bonchev–Trinajstić information content (AvgIpc) is 2.26. The van der Waals surface area contributed by atoms with Crippen LogP contribution >= 0.6 is 0 Å². The first-order valence-electron chi connectivity index (χ1n) is 4.61. The highest BCUT2D eigenvalue weighted by Crippen LogP contribution is 2.19. The first kappa shape index (κ1) is 10.0. The normalized spacial score (nSPS) is 11.7. The zero-order valence-electron chi connectivity index (χ0n) is 7.95. The second kappa shape index (κ2) is 4.36. The highest BCUT2D eigenvalue weighted by atomic mass is 28.4. The van der Waals surface area contributed by atoms with E-state index >= 15 is 0 Å². The topological polar surface area (TPSA) is 0 Å². The van der Waals surface area contributed by atoms with E-state index in [0.717, 1.165) is 22.0 Å². The van der Waals surface area contributed by atoms with Gasteiger partial charge in [-0.15, -0.1) is 0 Å². The van der Waals surface area contributed by atoms with E-state index in [4.69, 9.17) is 0 Å². The SMILES string of the molecule is F[Si](F)C=Cc1cccc2ccccc12. The molecule has 1 radical (unpaired) electrons. The molecule has 2 aromatic carbocycles. The standard InChI is InChI=1S/C12H9F2Si/c13-15(14)9-8-11-6-3-5-10-4-1-2-7-12(10)11/h1-9H. The summed E-state index contributed by atoms with van der Waals surface area (Å²) in [4.78, 5) is 0. The predicted octanol–water partition coefficient (Wildman–Crippen LogP) is 3.82. The van der Waals surface area contributed by atoms with Gasteiger partial charge in [0, 0.05) is 0 Å². The Labute approximate surface area is 88.8 Å². The van der Waals surface area contributed by atoms with Crippen molar-refractivity contribution in [2.45, 2.75) is 0 Å². The van der Waals surface area contributed by atoms with E-state index in [0.29, 0.717) is 0 Å². The summed E-state index contributed by atoms with van der Waals surface area (Å²) in [5.41, 5.74) is 1.86. The lowest BCUT2D eigenvalue weighted by Crippen LogP contribution is -1.88. The maximum atomic E-state index is 12.1. The molecule has 0 fully saturated rings. The van der Waals surface area contributed by atoms with Crippen molar-refractivity contribution in [3.05, 3.63) is 53.7 Å². The van der Waals surface area contributed by atoms with Crippen LogP contribution in [0.4, 0.5) is 8.22 Å². The molecule has 0 saturated heterocycles. The van der Waals surface area contributed by atoms with Crippen molar-refractivity contribution in [3.8, 4) is 0 Å². The number of halogens is 2. The van der Waals surface area contributed by atoms with E-state index in [1.165, 1.54) is 6.08 Å². The Hall–Kier alpha value is -1.48. The van der Waals surface area contributed by atoms with Gasteiger partial charge in [0.05, 0.1) is 0 Å². The van der Waals surface area contributed by atoms with Crippen molar-refractivity contribution < 1.29 is 8.22 Å². The minimum Gasteiger partial charge on any atom is -0.262 e. The van der Waals surface area contributed by atoms with Gasteiger partial charge in [0.1, 0.15) is 0 Å². The van der Waals surface area contributed by atoms with Crippen molar-refractivity contribution in [3.63, 3.8) is 0 Å². The van der Waals surface area contributed by atoms with Crippen LogP contribution in [0.3, 0.4) is 0 Å². The molecule has 3 heteroatoms. The lowest BCUT2D eigenvalue weighted by molar-refractivity contribution is 0.683. The van der Waals surface area contributed by atoms with E-state index in [1.54, 1.807) is 0 Å². The highest BCUT2D eigenvalue weighted by molar-refractivity contribution is 6.50. The molecule has 0 aromatic heterocycles. The first-order chi connectivity index (χ1) is 7.27. The molecule has 2 rings (SSSR count). The van der Waals surface area contributed by atoms with Crippen molar-refractivity contribution in [1.82, 2.24) is 0 Å². The van der Waals surface area contributed by atoms with E-state index in [-0.39, 0.29) is 0 Å². The minimum atomic E-state index is -3.28. The summed E-state index contributed by atoms with van der Waals surface area (Å²) in [5.74, 6) is 0. The van der Waals surface area contributed by atoms with E-state index in [9.17, 15) is 8.22 Å². The van der Waals surface area contributed by atoms with E-state index < -0.39 is 9.46 Å². The number of benzene rings is 2. The van der Waals surface area contributed by atoms with Crippen LogP contribution in [0.5, 0.6) is 0 Å². The Balaban J connectivity index is 2.51. The van der Waals surface area contributed by atoms with Crippen LogP contribution in [-0.2, 0) is 0 Å². The van der Waals surface area contributed by atoms with Gasteiger partial charge in [-0.3, -0.25) is 8.22 Å². The molecule has 0 aliphatic rings. The fraction of sp³-hybridized carbons (Fsp3) is 0. The molecule has 0 atom stereocenters. The third-order valence-electron chi connectivity index (χ3n) is 2.21. The van der Waals surface area contributed by atoms with E-state index in [1.807, 2.05) is 42.5 Å². The van der Waals surface area contributed by atoms with Crippen LogP contribution in [0, 0.1) is 0 Å². The summed E-state index contributed by atoms with van der Waals surface area (Å²) in [6, 6.07) is 13.5. The quantitative estimate of drug-likeness (QED) is 0.532. The van der Waals surface area contributed by atoms with Crippen LogP contribution in [0.2, 0.25) is 0 Å². The fourth-order valence-corrected chi connectivity index (χ4v) is 1.85. The lowest BCUT2D eigenvalue weighted by Gasteiger charge is -2.00. The second-order valence-corrected chi connectivity index (χ2v) is 4.10. The van der Waals surface area contributed by atoms with Crippen LogP contribution in [-0.4, -0.2) is 9.46 Å². The van der Waals surface area contributed by atoms with Crippen molar-refractivity contribution in [2.75, 3.05) is 0 Å². The molecular weight excluding hydrogens is 210 g/mol. The molecule has 15 heavy (non-hydrogen) atoms. The lowest BCUT2D eigenvalue weighted by atomic mass is 10.1. The summed E-state index contributed by atoms with van der Waals surface area (Å²) in [6.07, 6.45) is 1.51. The maximum absolute atomic E-state index is 12.1. The Bertz CT molecular complexity index is 486. The van der Waals surface area contributed by atoms with Gasteiger partial charge in [0.2, 0.25) is 0 Å². The van der Waals surface area contributed by atoms with Crippen molar-refractivity contribution >= 4 is 26.3 Å². The summed E-state index contributed by atoms with van der Waals surface area (Å²) < 4.78 is 24.3. The summed E-state index contributed by atoms with van der Waals surface area (Å²) >= 11 is 0. The zero-order chi connectivity index (χ0) is 10.7. The van der Waals surface area contributed by atoms with Gasteiger partial charge in [-0.25, -0.2) is 0 Å². The monoisotopic (exact) mass is 219 g/mol. The van der Waals surface area contributed by atoms with Gasteiger partial charge in [0.15, 0.2) is 0 Å². The largest absolute Gasteiger partial charge is 0.503 e. The predicted molar refractivity (Wildman–Crippen MR) is 61.0 cm³/mol. The molecule has 0 bridgehead atoms. The number of fused-ring (bicyclic) bond motifs is 1. The molecule has 0 spiro atoms.